The lowest BCUT2D eigenvalue weighted by Gasteiger charge is -2.20. The highest BCUT2D eigenvalue weighted by Gasteiger charge is 2.18. The second-order valence-corrected chi connectivity index (χ2v) is 5.92. The number of methoxy groups -OCH3 is 1. The number of carbonyl (C=O) groups excluding carboxylic acids is 1. The SMILES string of the molecule is C=C(SCc1ccc(F)cc1)N(C)C(=O)c1ccccc1OC. The summed E-state index contributed by atoms with van der Waals surface area (Å²) in [6, 6.07) is 13.3. The molecular formula is C18H18FNO2S. The average Bonchev–Trinajstić information content (AvgIpc) is 2.59. The zero-order valence-electron chi connectivity index (χ0n) is 13.1. The Bertz CT molecular complexity index is 700. The van der Waals surface area contributed by atoms with E-state index in [0.717, 1.165) is 5.56 Å². The fraction of sp³-hybridized carbons (Fsp3) is 0.167. The standard InChI is InChI=1S/C18H18FNO2S/c1-13(23-12-14-8-10-15(19)11-9-14)20(2)18(21)16-6-4-5-7-17(16)22-3/h4-11H,1,12H2,2-3H3. The van der Waals surface area contributed by atoms with Crippen LogP contribution in [0.4, 0.5) is 4.39 Å². The van der Waals surface area contributed by atoms with Crippen molar-refractivity contribution in [2.75, 3.05) is 14.2 Å². The molecule has 0 aliphatic heterocycles. The summed E-state index contributed by atoms with van der Waals surface area (Å²) in [6.07, 6.45) is 0. The third-order valence-corrected chi connectivity index (χ3v) is 4.42. The Labute approximate surface area is 139 Å². The second kappa shape index (κ2) is 7.83. The molecule has 1 amide bonds. The number of carbonyl (C=O) groups is 1. The largest absolute Gasteiger partial charge is 0.496 e. The monoisotopic (exact) mass is 331 g/mol. The molecule has 0 atom stereocenters. The summed E-state index contributed by atoms with van der Waals surface area (Å²) in [5, 5.41) is 0.616. The Morgan fingerprint density at radius 3 is 2.52 bits per heavy atom. The minimum absolute atomic E-state index is 0.181. The lowest BCUT2D eigenvalue weighted by atomic mass is 10.2. The van der Waals surface area contributed by atoms with Crippen LogP contribution in [-0.2, 0) is 5.75 Å². The predicted octanol–water partition coefficient (Wildman–Crippen LogP) is 4.31. The van der Waals surface area contributed by atoms with Gasteiger partial charge in [-0.05, 0) is 29.8 Å². The summed E-state index contributed by atoms with van der Waals surface area (Å²) < 4.78 is 18.1. The molecule has 0 heterocycles. The van der Waals surface area contributed by atoms with Gasteiger partial charge in [-0.1, -0.05) is 30.8 Å². The molecule has 2 aromatic rings. The van der Waals surface area contributed by atoms with Crippen LogP contribution in [0, 0.1) is 5.82 Å². The number of ether oxygens (including phenoxy) is 1. The minimum Gasteiger partial charge on any atom is -0.496 e. The summed E-state index contributed by atoms with van der Waals surface area (Å²) in [5.41, 5.74) is 1.46. The van der Waals surface area contributed by atoms with Gasteiger partial charge >= 0.3 is 0 Å². The number of thioether (sulfide) groups is 1. The highest BCUT2D eigenvalue weighted by atomic mass is 32.2. The molecule has 120 valence electrons. The molecule has 0 aromatic heterocycles. The first-order valence-corrected chi connectivity index (χ1v) is 7.98. The van der Waals surface area contributed by atoms with Gasteiger partial charge in [0.05, 0.1) is 17.7 Å². The first kappa shape index (κ1) is 17.1. The molecule has 2 rings (SSSR count). The highest BCUT2D eigenvalue weighted by molar-refractivity contribution is 8.02. The van der Waals surface area contributed by atoms with E-state index in [2.05, 4.69) is 6.58 Å². The quantitative estimate of drug-likeness (QED) is 0.790. The Kier molecular flexibility index (Phi) is 5.82. The van der Waals surface area contributed by atoms with Crippen LogP contribution in [0.5, 0.6) is 5.75 Å². The summed E-state index contributed by atoms with van der Waals surface area (Å²) in [7, 11) is 3.21. The molecule has 2 aromatic carbocycles. The first-order chi connectivity index (χ1) is 11.0. The average molecular weight is 331 g/mol. The van der Waals surface area contributed by atoms with Crippen molar-refractivity contribution in [1.29, 1.82) is 0 Å². The number of halogens is 1. The fourth-order valence-electron chi connectivity index (χ4n) is 1.96. The van der Waals surface area contributed by atoms with Gasteiger partial charge < -0.3 is 9.64 Å². The number of para-hydroxylation sites is 1. The van der Waals surface area contributed by atoms with Gasteiger partial charge in [0, 0.05) is 12.8 Å². The van der Waals surface area contributed by atoms with Crippen LogP contribution < -0.4 is 4.74 Å². The van der Waals surface area contributed by atoms with Crippen molar-refractivity contribution in [3.8, 4) is 5.75 Å². The molecule has 0 fully saturated rings. The number of hydrogen-bond donors (Lipinski definition) is 0. The maximum Gasteiger partial charge on any atom is 0.262 e. The lowest BCUT2D eigenvalue weighted by Crippen LogP contribution is -2.24. The third-order valence-electron chi connectivity index (χ3n) is 3.33. The molecule has 0 bridgehead atoms. The number of benzene rings is 2. The van der Waals surface area contributed by atoms with E-state index in [1.165, 1.54) is 35.9 Å². The molecule has 5 heteroatoms. The van der Waals surface area contributed by atoms with Crippen molar-refractivity contribution >= 4 is 17.7 Å². The van der Waals surface area contributed by atoms with E-state index in [-0.39, 0.29) is 11.7 Å². The molecule has 0 radical (unpaired) electrons. The molecule has 0 aliphatic carbocycles. The third kappa shape index (κ3) is 4.36. The Hall–Kier alpha value is -2.27. The summed E-state index contributed by atoms with van der Waals surface area (Å²) in [4.78, 5) is 14.0. The first-order valence-electron chi connectivity index (χ1n) is 7.00. The Balaban J connectivity index is 2.01. The van der Waals surface area contributed by atoms with Gasteiger partial charge in [0.25, 0.3) is 5.91 Å². The van der Waals surface area contributed by atoms with Gasteiger partial charge in [-0.3, -0.25) is 4.79 Å². The molecule has 23 heavy (non-hydrogen) atoms. The molecule has 3 nitrogen and oxygen atoms in total. The van der Waals surface area contributed by atoms with E-state index >= 15 is 0 Å². The fourth-order valence-corrected chi connectivity index (χ4v) is 2.76. The van der Waals surface area contributed by atoms with E-state index in [9.17, 15) is 9.18 Å². The van der Waals surface area contributed by atoms with Gasteiger partial charge in [0.1, 0.15) is 11.6 Å². The molecule has 0 N–H and O–H groups in total. The maximum absolute atomic E-state index is 12.9. The van der Waals surface area contributed by atoms with Crippen molar-refractivity contribution in [2.24, 2.45) is 0 Å². The minimum atomic E-state index is -0.263. The molecule has 0 saturated carbocycles. The van der Waals surface area contributed by atoms with Crippen molar-refractivity contribution in [3.05, 3.63) is 77.1 Å². The Morgan fingerprint density at radius 1 is 1.22 bits per heavy atom. The van der Waals surface area contributed by atoms with Gasteiger partial charge in [-0.2, -0.15) is 0 Å². The van der Waals surface area contributed by atoms with Crippen LogP contribution in [0.25, 0.3) is 0 Å². The second-order valence-electron chi connectivity index (χ2n) is 4.87. The van der Waals surface area contributed by atoms with Crippen molar-refractivity contribution < 1.29 is 13.9 Å². The molecule has 0 unspecified atom stereocenters. The van der Waals surface area contributed by atoms with E-state index in [4.69, 9.17) is 4.74 Å². The van der Waals surface area contributed by atoms with Crippen molar-refractivity contribution in [2.45, 2.75) is 5.75 Å². The summed E-state index contributed by atoms with van der Waals surface area (Å²) in [6.45, 7) is 3.94. The van der Waals surface area contributed by atoms with Gasteiger partial charge in [-0.25, -0.2) is 4.39 Å². The van der Waals surface area contributed by atoms with Crippen LogP contribution >= 0.6 is 11.8 Å². The van der Waals surface area contributed by atoms with Gasteiger partial charge in [0.2, 0.25) is 0 Å². The molecule has 0 aliphatic rings. The van der Waals surface area contributed by atoms with E-state index in [1.54, 1.807) is 37.4 Å². The maximum atomic E-state index is 12.9. The van der Waals surface area contributed by atoms with Crippen LogP contribution in [0.1, 0.15) is 15.9 Å². The normalized spacial score (nSPS) is 10.2. The zero-order chi connectivity index (χ0) is 16.8. The number of hydrogen-bond acceptors (Lipinski definition) is 3. The number of amides is 1. The smallest absolute Gasteiger partial charge is 0.262 e. The van der Waals surface area contributed by atoms with Gasteiger partial charge in [-0.15, -0.1) is 11.8 Å². The van der Waals surface area contributed by atoms with E-state index in [1.807, 2.05) is 6.07 Å². The summed E-state index contributed by atoms with van der Waals surface area (Å²) in [5.74, 6) is 0.698. The number of rotatable bonds is 6. The topological polar surface area (TPSA) is 29.5 Å². The van der Waals surface area contributed by atoms with E-state index in [0.29, 0.717) is 22.1 Å². The van der Waals surface area contributed by atoms with Crippen LogP contribution in [-0.4, -0.2) is 25.0 Å². The van der Waals surface area contributed by atoms with Gasteiger partial charge in [0.15, 0.2) is 0 Å². The van der Waals surface area contributed by atoms with E-state index < -0.39 is 0 Å². The van der Waals surface area contributed by atoms with Crippen molar-refractivity contribution in [3.63, 3.8) is 0 Å². The Morgan fingerprint density at radius 2 is 1.87 bits per heavy atom. The molecule has 0 saturated heterocycles. The zero-order valence-corrected chi connectivity index (χ0v) is 13.9. The molecule has 0 spiro atoms. The van der Waals surface area contributed by atoms with Crippen LogP contribution in [0.2, 0.25) is 0 Å². The van der Waals surface area contributed by atoms with Crippen LogP contribution in [0.15, 0.2) is 60.1 Å². The lowest BCUT2D eigenvalue weighted by molar-refractivity contribution is 0.0843. The summed E-state index contributed by atoms with van der Waals surface area (Å²) >= 11 is 1.43. The van der Waals surface area contributed by atoms with Crippen molar-refractivity contribution in [1.82, 2.24) is 4.90 Å². The van der Waals surface area contributed by atoms with Crippen LogP contribution in [0.3, 0.4) is 0 Å². The predicted molar refractivity (Wildman–Crippen MR) is 91.9 cm³/mol. The molecular weight excluding hydrogens is 313 g/mol. The number of nitrogens with zero attached hydrogens (tertiary/aromatic N) is 1. The highest BCUT2D eigenvalue weighted by Crippen LogP contribution is 2.26.